The summed E-state index contributed by atoms with van der Waals surface area (Å²) in [6.45, 7) is 3.18. The lowest BCUT2D eigenvalue weighted by Crippen LogP contribution is -2.57. The molecule has 8 heteroatoms. The maximum Gasteiger partial charge on any atom is 0.433 e. The Morgan fingerprint density at radius 2 is 1.96 bits per heavy atom. The van der Waals surface area contributed by atoms with Crippen molar-refractivity contribution in [1.82, 2.24) is 14.8 Å². The van der Waals surface area contributed by atoms with Gasteiger partial charge in [0.25, 0.3) is 5.91 Å². The van der Waals surface area contributed by atoms with Gasteiger partial charge in [0.15, 0.2) is 0 Å². The molecule has 5 nitrogen and oxygen atoms in total. The summed E-state index contributed by atoms with van der Waals surface area (Å²) in [5.74, 6) is -0.294. The molecule has 24 heavy (non-hydrogen) atoms. The molecular weight excluding hydrogens is 323 g/mol. The lowest BCUT2D eigenvalue weighted by atomic mass is 9.89. The summed E-state index contributed by atoms with van der Waals surface area (Å²) in [6, 6.07) is 2.04. The minimum atomic E-state index is -4.50. The second-order valence-corrected chi connectivity index (χ2v) is 6.49. The highest BCUT2D eigenvalue weighted by Crippen LogP contribution is 2.31. The number of likely N-dealkylation sites (tertiary alicyclic amines) is 1. The van der Waals surface area contributed by atoms with E-state index in [9.17, 15) is 18.0 Å². The molecule has 2 fully saturated rings. The van der Waals surface area contributed by atoms with E-state index in [0.717, 1.165) is 38.2 Å². The Morgan fingerprint density at radius 3 is 2.54 bits per heavy atom. The summed E-state index contributed by atoms with van der Waals surface area (Å²) >= 11 is 0. The van der Waals surface area contributed by atoms with Crippen LogP contribution in [0.25, 0.3) is 0 Å². The van der Waals surface area contributed by atoms with Crippen molar-refractivity contribution in [3.05, 3.63) is 29.6 Å². The maximum atomic E-state index is 12.6. The quantitative estimate of drug-likeness (QED) is 0.783. The van der Waals surface area contributed by atoms with Gasteiger partial charge in [-0.15, -0.1) is 0 Å². The molecule has 0 aliphatic carbocycles. The SMILES string of the molecule is CN1CCC2(CC1)CN(C(=O)c1ccc(C(F)(F)F)nc1)CCO2. The lowest BCUT2D eigenvalue weighted by Gasteiger charge is -2.46. The van der Waals surface area contributed by atoms with Crippen molar-refractivity contribution in [2.75, 3.05) is 39.8 Å². The number of ether oxygens (including phenoxy) is 1. The van der Waals surface area contributed by atoms with Crippen molar-refractivity contribution in [1.29, 1.82) is 0 Å². The summed E-state index contributed by atoms with van der Waals surface area (Å²) in [5.41, 5.74) is -1.15. The van der Waals surface area contributed by atoms with E-state index in [-0.39, 0.29) is 17.1 Å². The van der Waals surface area contributed by atoms with Crippen molar-refractivity contribution in [2.24, 2.45) is 0 Å². The van der Waals surface area contributed by atoms with Crippen LogP contribution in [0.15, 0.2) is 18.3 Å². The molecule has 2 saturated heterocycles. The molecule has 3 heterocycles. The van der Waals surface area contributed by atoms with Gasteiger partial charge in [-0.05, 0) is 32.0 Å². The van der Waals surface area contributed by atoms with Crippen LogP contribution in [-0.2, 0) is 10.9 Å². The van der Waals surface area contributed by atoms with Crippen LogP contribution < -0.4 is 0 Å². The average molecular weight is 343 g/mol. The van der Waals surface area contributed by atoms with Gasteiger partial charge in [0, 0.05) is 25.8 Å². The summed E-state index contributed by atoms with van der Waals surface area (Å²) in [5, 5.41) is 0. The number of halogens is 3. The van der Waals surface area contributed by atoms with E-state index >= 15 is 0 Å². The number of carbonyl (C=O) groups is 1. The number of alkyl halides is 3. The van der Waals surface area contributed by atoms with E-state index in [0.29, 0.717) is 19.7 Å². The second-order valence-electron chi connectivity index (χ2n) is 6.49. The maximum absolute atomic E-state index is 12.6. The molecule has 0 N–H and O–H groups in total. The zero-order chi connectivity index (χ0) is 17.4. The van der Waals surface area contributed by atoms with Crippen LogP contribution in [0.1, 0.15) is 28.9 Å². The highest BCUT2D eigenvalue weighted by atomic mass is 19.4. The predicted octanol–water partition coefficient (Wildman–Crippen LogP) is 2.04. The van der Waals surface area contributed by atoms with Crippen LogP contribution in [-0.4, -0.2) is 66.1 Å². The topological polar surface area (TPSA) is 45.7 Å². The zero-order valence-electron chi connectivity index (χ0n) is 13.5. The van der Waals surface area contributed by atoms with Gasteiger partial charge in [0.05, 0.1) is 24.3 Å². The van der Waals surface area contributed by atoms with Gasteiger partial charge < -0.3 is 14.5 Å². The van der Waals surface area contributed by atoms with E-state index in [1.165, 1.54) is 6.07 Å². The predicted molar refractivity (Wildman–Crippen MR) is 80.6 cm³/mol. The Balaban J connectivity index is 1.70. The molecule has 1 amide bonds. The van der Waals surface area contributed by atoms with Gasteiger partial charge in [0.2, 0.25) is 0 Å². The molecule has 0 atom stereocenters. The molecule has 0 saturated carbocycles. The number of aromatic nitrogens is 1. The van der Waals surface area contributed by atoms with Gasteiger partial charge in [-0.3, -0.25) is 9.78 Å². The largest absolute Gasteiger partial charge is 0.433 e. The monoisotopic (exact) mass is 343 g/mol. The Bertz CT molecular complexity index is 596. The molecule has 1 spiro atoms. The Kier molecular flexibility index (Phi) is 4.52. The van der Waals surface area contributed by atoms with Crippen molar-refractivity contribution in [3.8, 4) is 0 Å². The Morgan fingerprint density at radius 1 is 1.25 bits per heavy atom. The molecule has 2 aliphatic rings. The smallest absolute Gasteiger partial charge is 0.371 e. The molecule has 132 valence electrons. The fourth-order valence-corrected chi connectivity index (χ4v) is 3.22. The molecule has 0 radical (unpaired) electrons. The number of nitrogens with zero attached hydrogens (tertiary/aromatic N) is 3. The Hall–Kier alpha value is -1.67. The van der Waals surface area contributed by atoms with Crippen LogP contribution >= 0.6 is 0 Å². The number of morpholine rings is 1. The lowest BCUT2D eigenvalue weighted by molar-refractivity contribution is -0.141. The van der Waals surface area contributed by atoms with Gasteiger partial charge in [-0.1, -0.05) is 0 Å². The molecular formula is C16H20F3N3O2. The second kappa shape index (κ2) is 6.33. The number of hydrogen-bond acceptors (Lipinski definition) is 4. The number of piperidine rings is 1. The summed E-state index contributed by atoms with van der Waals surface area (Å²) in [6.07, 6.45) is -1.81. The van der Waals surface area contributed by atoms with E-state index < -0.39 is 11.9 Å². The first kappa shape index (κ1) is 17.2. The Labute approximate surface area is 138 Å². The summed E-state index contributed by atoms with van der Waals surface area (Å²) in [4.78, 5) is 19.8. The molecule has 3 rings (SSSR count). The first-order valence-corrected chi connectivity index (χ1v) is 7.94. The summed E-state index contributed by atoms with van der Waals surface area (Å²) < 4.78 is 43.7. The van der Waals surface area contributed by atoms with E-state index in [4.69, 9.17) is 4.74 Å². The van der Waals surface area contributed by atoms with Crippen LogP contribution in [0, 0.1) is 0 Å². The number of carbonyl (C=O) groups excluding carboxylic acids is 1. The molecule has 1 aromatic rings. The molecule has 0 unspecified atom stereocenters. The normalized spacial score (nSPS) is 21.9. The highest BCUT2D eigenvalue weighted by Gasteiger charge is 2.40. The number of hydrogen-bond donors (Lipinski definition) is 0. The minimum Gasteiger partial charge on any atom is -0.371 e. The first-order chi connectivity index (χ1) is 11.3. The van der Waals surface area contributed by atoms with Crippen molar-refractivity contribution < 1.29 is 22.7 Å². The molecule has 0 aromatic carbocycles. The average Bonchev–Trinajstić information content (AvgIpc) is 2.57. The van der Waals surface area contributed by atoms with Gasteiger partial charge in [0.1, 0.15) is 5.69 Å². The van der Waals surface area contributed by atoms with Gasteiger partial charge in [-0.25, -0.2) is 0 Å². The number of rotatable bonds is 1. The van der Waals surface area contributed by atoms with Crippen LogP contribution in [0.3, 0.4) is 0 Å². The van der Waals surface area contributed by atoms with Crippen LogP contribution in [0.4, 0.5) is 13.2 Å². The third-order valence-corrected chi connectivity index (χ3v) is 4.73. The van der Waals surface area contributed by atoms with E-state index in [1.54, 1.807) is 4.90 Å². The van der Waals surface area contributed by atoms with Crippen LogP contribution in [0.5, 0.6) is 0 Å². The number of amides is 1. The molecule has 1 aromatic heterocycles. The molecule has 0 bridgehead atoms. The highest BCUT2D eigenvalue weighted by molar-refractivity contribution is 5.94. The van der Waals surface area contributed by atoms with E-state index in [1.807, 2.05) is 7.05 Å². The van der Waals surface area contributed by atoms with Crippen molar-refractivity contribution in [3.63, 3.8) is 0 Å². The van der Waals surface area contributed by atoms with Gasteiger partial charge >= 0.3 is 6.18 Å². The van der Waals surface area contributed by atoms with Gasteiger partial charge in [-0.2, -0.15) is 13.2 Å². The minimum absolute atomic E-state index is 0.174. The van der Waals surface area contributed by atoms with E-state index in [2.05, 4.69) is 9.88 Å². The van der Waals surface area contributed by atoms with Crippen LogP contribution in [0.2, 0.25) is 0 Å². The van der Waals surface area contributed by atoms with Crippen molar-refractivity contribution >= 4 is 5.91 Å². The number of pyridine rings is 1. The summed E-state index contributed by atoms with van der Waals surface area (Å²) in [7, 11) is 2.05. The first-order valence-electron chi connectivity index (χ1n) is 7.94. The van der Waals surface area contributed by atoms with Crippen molar-refractivity contribution in [2.45, 2.75) is 24.6 Å². The zero-order valence-corrected chi connectivity index (χ0v) is 13.5. The standard InChI is InChI=1S/C16H20F3N3O2/c1-21-6-4-15(5-7-21)11-22(8-9-24-15)14(23)12-2-3-13(20-10-12)16(17,18)19/h2-3,10H,4-9,11H2,1H3. The fourth-order valence-electron chi connectivity index (χ4n) is 3.22. The molecule has 2 aliphatic heterocycles. The fraction of sp³-hybridized carbons (Fsp3) is 0.625. The third kappa shape index (κ3) is 3.54. The third-order valence-electron chi connectivity index (χ3n) is 4.73.